The van der Waals surface area contributed by atoms with Crippen LogP contribution in [0.5, 0.6) is 0 Å². The second-order valence-electron chi connectivity index (χ2n) is 3.62. The van der Waals surface area contributed by atoms with E-state index in [4.69, 9.17) is 11.6 Å². The third kappa shape index (κ3) is 1.94. The Morgan fingerprint density at radius 2 is 2.23 bits per heavy atom. The summed E-state index contributed by atoms with van der Waals surface area (Å²) < 4.78 is 0. The molecule has 0 aliphatic heterocycles. The van der Waals surface area contributed by atoms with Crippen LogP contribution in [0.15, 0.2) is 30.3 Å². The highest BCUT2D eigenvalue weighted by molar-refractivity contribution is 6.22. The van der Waals surface area contributed by atoms with Crippen LogP contribution in [0.3, 0.4) is 0 Å². The molecule has 1 aliphatic carbocycles. The van der Waals surface area contributed by atoms with Crippen LogP contribution in [0.4, 0.5) is 0 Å². The molecule has 0 fully saturated rings. The molecule has 68 valence electrons. The van der Waals surface area contributed by atoms with Crippen molar-refractivity contribution in [1.29, 1.82) is 0 Å². The first-order chi connectivity index (χ1) is 6.25. The van der Waals surface area contributed by atoms with E-state index >= 15 is 0 Å². The molecule has 0 saturated carbocycles. The number of rotatable bonds is 1. The lowest BCUT2D eigenvalue weighted by Gasteiger charge is -2.02. The zero-order valence-electron chi connectivity index (χ0n) is 7.76. The minimum absolute atomic E-state index is 0.246. The van der Waals surface area contributed by atoms with Gasteiger partial charge in [0.05, 0.1) is 5.38 Å². The molecule has 0 radical (unpaired) electrons. The molecule has 1 aliphatic rings. The highest BCUT2D eigenvalue weighted by Crippen LogP contribution is 2.30. The van der Waals surface area contributed by atoms with Gasteiger partial charge < -0.3 is 0 Å². The predicted octanol–water partition coefficient (Wildman–Crippen LogP) is 3.78. The molecule has 0 N–H and O–H groups in total. The molecule has 0 saturated heterocycles. The Morgan fingerprint density at radius 1 is 1.38 bits per heavy atom. The van der Waals surface area contributed by atoms with E-state index in [9.17, 15) is 0 Å². The smallest absolute Gasteiger partial charge is 0.0525 e. The molecular formula is C12H13Cl. The maximum absolute atomic E-state index is 6.02. The minimum atomic E-state index is 0.246. The number of hydrogen-bond acceptors (Lipinski definition) is 0. The van der Waals surface area contributed by atoms with Gasteiger partial charge in [-0.3, -0.25) is 0 Å². The van der Waals surface area contributed by atoms with E-state index in [1.165, 1.54) is 16.7 Å². The van der Waals surface area contributed by atoms with Crippen molar-refractivity contribution in [3.8, 4) is 0 Å². The van der Waals surface area contributed by atoms with E-state index in [-0.39, 0.29) is 5.38 Å². The lowest BCUT2D eigenvalue weighted by atomic mass is 10.0. The average Bonchev–Trinajstić information content (AvgIpc) is 2.52. The van der Waals surface area contributed by atoms with Crippen molar-refractivity contribution in [2.45, 2.75) is 25.1 Å². The second kappa shape index (κ2) is 3.55. The van der Waals surface area contributed by atoms with Gasteiger partial charge in [-0.15, -0.1) is 11.6 Å². The van der Waals surface area contributed by atoms with Crippen LogP contribution in [0, 0.1) is 6.92 Å². The van der Waals surface area contributed by atoms with Gasteiger partial charge in [0.1, 0.15) is 0 Å². The van der Waals surface area contributed by atoms with Gasteiger partial charge in [0, 0.05) is 0 Å². The summed E-state index contributed by atoms with van der Waals surface area (Å²) in [7, 11) is 0. The molecule has 0 nitrogen and oxygen atoms in total. The van der Waals surface area contributed by atoms with Crippen LogP contribution in [0.25, 0.3) is 5.57 Å². The van der Waals surface area contributed by atoms with Crippen molar-refractivity contribution >= 4 is 17.2 Å². The molecule has 1 heteroatoms. The Balaban J connectivity index is 2.31. The first-order valence-corrected chi connectivity index (χ1v) is 5.11. The van der Waals surface area contributed by atoms with Crippen molar-refractivity contribution in [3.63, 3.8) is 0 Å². The summed E-state index contributed by atoms with van der Waals surface area (Å²) in [6.07, 6.45) is 4.39. The predicted molar refractivity (Wildman–Crippen MR) is 58.0 cm³/mol. The van der Waals surface area contributed by atoms with E-state index in [0.29, 0.717) is 0 Å². The number of halogens is 1. The fraction of sp³-hybridized carbons (Fsp3) is 0.333. The van der Waals surface area contributed by atoms with Crippen molar-refractivity contribution < 1.29 is 0 Å². The molecule has 2 rings (SSSR count). The number of benzene rings is 1. The molecule has 0 aromatic heterocycles. The largest absolute Gasteiger partial charge is 0.118 e. The SMILES string of the molecule is Cc1cccc(C2=CC(Cl)CC2)c1. The molecule has 0 heterocycles. The van der Waals surface area contributed by atoms with E-state index in [2.05, 4.69) is 37.3 Å². The topological polar surface area (TPSA) is 0 Å². The average molecular weight is 193 g/mol. The van der Waals surface area contributed by atoms with E-state index in [1.54, 1.807) is 0 Å². The number of alkyl halides is 1. The van der Waals surface area contributed by atoms with Crippen molar-refractivity contribution in [3.05, 3.63) is 41.5 Å². The Hall–Kier alpha value is -0.750. The van der Waals surface area contributed by atoms with Gasteiger partial charge in [-0.05, 0) is 30.9 Å². The van der Waals surface area contributed by atoms with Gasteiger partial charge in [-0.25, -0.2) is 0 Å². The van der Waals surface area contributed by atoms with Crippen LogP contribution in [-0.2, 0) is 0 Å². The molecule has 13 heavy (non-hydrogen) atoms. The summed E-state index contributed by atoms with van der Waals surface area (Å²) in [5.41, 5.74) is 4.06. The molecule has 1 atom stereocenters. The Kier molecular flexibility index (Phi) is 2.41. The summed E-state index contributed by atoms with van der Waals surface area (Å²) in [6.45, 7) is 2.12. The van der Waals surface area contributed by atoms with Crippen LogP contribution in [0.2, 0.25) is 0 Å². The van der Waals surface area contributed by atoms with Gasteiger partial charge in [0.2, 0.25) is 0 Å². The van der Waals surface area contributed by atoms with Crippen molar-refractivity contribution in [2.24, 2.45) is 0 Å². The fourth-order valence-corrected chi connectivity index (χ4v) is 2.02. The third-order valence-electron chi connectivity index (χ3n) is 2.46. The highest BCUT2D eigenvalue weighted by atomic mass is 35.5. The monoisotopic (exact) mass is 192 g/mol. The fourth-order valence-electron chi connectivity index (χ4n) is 1.76. The zero-order chi connectivity index (χ0) is 9.26. The van der Waals surface area contributed by atoms with Crippen LogP contribution in [-0.4, -0.2) is 5.38 Å². The van der Waals surface area contributed by atoms with Crippen molar-refractivity contribution in [1.82, 2.24) is 0 Å². The van der Waals surface area contributed by atoms with Crippen LogP contribution in [0.1, 0.15) is 24.0 Å². The van der Waals surface area contributed by atoms with Gasteiger partial charge >= 0.3 is 0 Å². The lowest BCUT2D eigenvalue weighted by Crippen LogP contribution is -1.81. The van der Waals surface area contributed by atoms with E-state index in [1.807, 2.05) is 0 Å². The van der Waals surface area contributed by atoms with Gasteiger partial charge in [-0.1, -0.05) is 35.9 Å². The summed E-state index contributed by atoms with van der Waals surface area (Å²) >= 11 is 6.02. The Morgan fingerprint density at radius 3 is 2.85 bits per heavy atom. The maximum atomic E-state index is 6.02. The molecule has 0 spiro atoms. The highest BCUT2D eigenvalue weighted by Gasteiger charge is 2.13. The molecule has 0 amide bonds. The molecule has 0 bridgehead atoms. The minimum Gasteiger partial charge on any atom is -0.118 e. The third-order valence-corrected chi connectivity index (χ3v) is 2.80. The molecule has 1 unspecified atom stereocenters. The summed E-state index contributed by atoms with van der Waals surface area (Å²) in [4.78, 5) is 0. The molecular weight excluding hydrogens is 180 g/mol. The second-order valence-corrected chi connectivity index (χ2v) is 4.18. The van der Waals surface area contributed by atoms with Crippen molar-refractivity contribution in [2.75, 3.05) is 0 Å². The maximum Gasteiger partial charge on any atom is 0.0525 e. The zero-order valence-corrected chi connectivity index (χ0v) is 8.51. The number of allylic oxidation sites excluding steroid dienone is 2. The summed E-state index contributed by atoms with van der Waals surface area (Å²) in [5.74, 6) is 0. The number of hydrogen-bond donors (Lipinski definition) is 0. The number of aryl methyl sites for hydroxylation is 1. The normalized spacial score (nSPS) is 21.7. The summed E-state index contributed by atoms with van der Waals surface area (Å²) in [5, 5.41) is 0.246. The van der Waals surface area contributed by atoms with Crippen LogP contribution < -0.4 is 0 Å². The lowest BCUT2D eigenvalue weighted by molar-refractivity contribution is 0.942. The van der Waals surface area contributed by atoms with Gasteiger partial charge in [0.15, 0.2) is 0 Å². The first-order valence-electron chi connectivity index (χ1n) is 4.67. The quantitative estimate of drug-likeness (QED) is 0.594. The Bertz CT molecular complexity index is 339. The molecule has 1 aromatic carbocycles. The van der Waals surface area contributed by atoms with Gasteiger partial charge in [0.25, 0.3) is 0 Å². The standard InChI is InChI=1S/C12H13Cl/c1-9-3-2-4-10(7-9)11-5-6-12(13)8-11/h2-4,7-8,12H,5-6H2,1H3. The summed E-state index contributed by atoms with van der Waals surface area (Å²) in [6, 6.07) is 8.61. The van der Waals surface area contributed by atoms with E-state index < -0.39 is 0 Å². The van der Waals surface area contributed by atoms with Gasteiger partial charge in [-0.2, -0.15) is 0 Å². The van der Waals surface area contributed by atoms with E-state index in [0.717, 1.165) is 12.8 Å². The Labute approximate surface area is 84.2 Å². The molecule has 1 aromatic rings. The van der Waals surface area contributed by atoms with Crippen LogP contribution >= 0.6 is 11.6 Å². The first kappa shape index (κ1) is 8.83.